The highest BCUT2D eigenvalue weighted by molar-refractivity contribution is 4.74. The lowest BCUT2D eigenvalue weighted by atomic mass is 10.1. The van der Waals surface area contributed by atoms with Crippen LogP contribution in [-0.4, -0.2) is 81.0 Å². The Labute approximate surface area is 243 Å². The molecule has 0 spiro atoms. The molecule has 0 heterocycles. The number of rotatable bonds is 30. The van der Waals surface area contributed by atoms with Crippen molar-refractivity contribution in [3.05, 3.63) is 0 Å². The summed E-state index contributed by atoms with van der Waals surface area (Å²) in [5.41, 5.74) is 0. The van der Waals surface area contributed by atoms with Crippen molar-refractivity contribution in [2.75, 3.05) is 26.2 Å². The smallest absolute Gasteiger partial charge is 0.0681 e. The molecule has 6 nitrogen and oxygen atoms in total. The highest BCUT2D eigenvalue weighted by atomic mass is 16.3. The predicted molar refractivity (Wildman–Crippen MR) is 167 cm³/mol. The third-order valence-electron chi connectivity index (χ3n) is 7.90. The Kier molecular flexibility index (Phi) is 27.7. The average Bonchev–Trinajstić information content (AvgIpc) is 2.90. The number of hydrazine groups is 1. The van der Waals surface area contributed by atoms with Crippen molar-refractivity contribution in [3.63, 3.8) is 0 Å². The first-order valence-corrected chi connectivity index (χ1v) is 17.1. The lowest BCUT2D eigenvalue weighted by molar-refractivity contribution is -0.111. The fraction of sp³-hybridized carbons (Fsp3) is 1.00. The Morgan fingerprint density at radius 3 is 0.769 bits per heavy atom. The summed E-state index contributed by atoms with van der Waals surface area (Å²) in [5.74, 6) is 0. The summed E-state index contributed by atoms with van der Waals surface area (Å²) in [6, 6.07) is 0. The standard InChI is InChI=1S/C33H70N2O4/c1-5-9-13-17-21-25-33(39)29-35(28-32(38)24-20-16-12-8-4)34(26-30(36)22-18-14-10-6-2)27-31(37)23-19-15-11-7-3/h30-33,36-39H,5-29H2,1-4H3. The largest absolute Gasteiger partial charge is 0.392 e. The van der Waals surface area contributed by atoms with Crippen LogP contribution in [0.5, 0.6) is 0 Å². The van der Waals surface area contributed by atoms with Crippen molar-refractivity contribution in [2.24, 2.45) is 0 Å². The van der Waals surface area contributed by atoms with Crippen LogP contribution < -0.4 is 0 Å². The molecule has 39 heavy (non-hydrogen) atoms. The summed E-state index contributed by atoms with van der Waals surface area (Å²) in [6.07, 6.45) is 20.4. The van der Waals surface area contributed by atoms with Crippen LogP contribution in [0.4, 0.5) is 0 Å². The summed E-state index contributed by atoms with van der Waals surface area (Å²) < 4.78 is 0. The fourth-order valence-corrected chi connectivity index (χ4v) is 5.35. The molecule has 0 aromatic heterocycles. The second-order valence-corrected chi connectivity index (χ2v) is 12.1. The van der Waals surface area contributed by atoms with Gasteiger partial charge >= 0.3 is 0 Å². The minimum absolute atomic E-state index is 0.434. The maximum absolute atomic E-state index is 11.0. The lowest BCUT2D eigenvalue weighted by Gasteiger charge is -2.39. The van der Waals surface area contributed by atoms with E-state index in [4.69, 9.17) is 0 Å². The van der Waals surface area contributed by atoms with Crippen molar-refractivity contribution in [1.82, 2.24) is 10.0 Å². The summed E-state index contributed by atoms with van der Waals surface area (Å²) in [4.78, 5) is 0. The van der Waals surface area contributed by atoms with E-state index in [0.29, 0.717) is 26.2 Å². The topological polar surface area (TPSA) is 87.4 Å². The number of nitrogens with zero attached hydrogens (tertiary/aromatic N) is 2. The molecule has 0 aliphatic heterocycles. The lowest BCUT2D eigenvalue weighted by Crippen LogP contribution is -2.54. The number of hydrogen-bond donors (Lipinski definition) is 4. The van der Waals surface area contributed by atoms with Gasteiger partial charge in [-0.1, -0.05) is 137 Å². The molecule has 0 fully saturated rings. The van der Waals surface area contributed by atoms with Crippen molar-refractivity contribution in [1.29, 1.82) is 0 Å². The molecule has 0 aliphatic rings. The van der Waals surface area contributed by atoms with Gasteiger partial charge in [-0.15, -0.1) is 0 Å². The van der Waals surface area contributed by atoms with Gasteiger partial charge in [0.05, 0.1) is 24.4 Å². The van der Waals surface area contributed by atoms with E-state index in [9.17, 15) is 20.4 Å². The Morgan fingerprint density at radius 1 is 0.333 bits per heavy atom. The Morgan fingerprint density at radius 2 is 0.538 bits per heavy atom. The van der Waals surface area contributed by atoms with Gasteiger partial charge in [-0.3, -0.25) is 0 Å². The van der Waals surface area contributed by atoms with Crippen LogP contribution in [-0.2, 0) is 0 Å². The van der Waals surface area contributed by atoms with Crippen LogP contribution in [0.15, 0.2) is 0 Å². The van der Waals surface area contributed by atoms with Gasteiger partial charge in [0.15, 0.2) is 0 Å². The van der Waals surface area contributed by atoms with Crippen LogP contribution in [0.25, 0.3) is 0 Å². The van der Waals surface area contributed by atoms with E-state index >= 15 is 0 Å². The van der Waals surface area contributed by atoms with E-state index < -0.39 is 24.4 Å². The van der Waals surface area contributed by atoms with Crippen molar-refractivity contribution in [2.45, 2.75) is 187 Å². The molecule has 0 aliphatic carbocycles. The van der Waals surface area contributed by atoms with E-state index in [1.165, 1.54) is 57.8 Å². The van der Waals surface area contributed by atoms with Gasteiger partial charge in [-0.25, -0.2) is 10.0 Å². The molecule has 4 unspecified atom stereocenters. The van der Waals surface area contributed by atoms with Crippen molar-refractivity contribution in [3.8, 4) is 0 Å². The van der Waals surface area contributed by atoms with Crippen LogP contribution in [0.1, 0.15) is 163 Å². The highest BCUT2D eigenvalue weighted by Gasteiger charge is 2.25. The SMILES string of the molecule is CCCCCCCC(O)CN(CC(O)CCCCCC)N(CC(O)CCCCCC)CC(O)CCCCCC. The quantitative estimate of drug-likeness (QED) is 0.0550. The zero-order valence-electron chi connectivity index (χ0n) is 26.7. The third kappa shape index (κ3) is 24.1. The van der Waals surface area contributed by atoms with Crippen LogP contribution in [0, 0.1) is 0 Å². The molecule has 0 aromatic rings. The molecule has 0 aromatic carbocycles. The van der Waals surface area contributed by atoms with Gasteiger partial charge in [-0.2, -0.15) is 0 Å². The summed E-state index contributed by atoms with van der Waals surface area (Å²) >= 11 is 0. The fourth-order valence-electron chi connectivity index (χ4n) is 5.35. The van der Waals surface area contributed by atoms with Crippen molar-refractivity contribution >= 4 is 0 Å². The molecule has 0 rings (SSSR count). The number of aliphatic hydroxyl groups is 4. The third-order valence-corrected chi connectivity index (χ3v) is 7.90. The van der Waals surface area contributed by atoms with Crippen molar-refractivity contribution < 1.29 is 20.4 Å². The van der Waals surface area contributed by atoms with Crippen LogP contribution in [0.3, 0.4) is 0 Å². The number of aliphatic hydroxyl groups excluding tert-OH is 4. The highest BCUT2D eigenvalue weighted by Crippen LogP contribution is 2.16. The Balaban J connectivity index is 5.38. The first kappa shape index (κ1) is 38.8. The molecule has 4 atom stereocenters. The summed E-state index contributed by atoms with van der Waals surface area (Å²) in [5, 5.41) is 47.9. The molecular weight excluding hydrogens is 488 g/mol. The van der Waals surface area contributed by atoms with Gasteiger partial charge < -0.3 is 20.4 Å². The first-order valence-electron chi connectivity index (χ1n) is 17.1. The molecule has 0 saturated heterocycles. The minimum atomic E-state index is -0.482. The van der Waals surface area contributed by atoms with Crippen LogP contribution in [0.2, 0.25) is 0 Å². The molecule has 0 radical (unpaired) electrons. The molecule has 0 bridgehead atoms. The minimum Gasteiger partial charge on any atom is -0.392 e. The molecule has 6 heteroatoms. The zero-order chi connectivity index (χ0) is 29.1. The Bertz CT molecular complexity index is 476. The first-order chi connectivity index (χ1) is 18.9. The molecule has 0 saturated carbocycles. The van der Waals surface area contributed by atoms with Crippen LogP contribution >= 0.6 is 0 Å². The molecule has 0 amide bonds. The van der Waals surface area contributed by atoms with Gasteiger partial charge in [0.1, 0.15) is 0 Å². The second kappa shape index (κ2) is 27.9. The van der Waals surface area contributed by atoms with E-state index in [2.05, 4.69) is 37.7 Å². The van der Waals surface area contributed by atoms with Gasteiger partial charge in [0.2, 0.25) is 0 Å². The molecule has 4 N–H and O–H groups in total. The van der Waals surface area contributed by atoms with Gasteiger partial charge in [-0.05, 0) is 25.7 Å². The number of hydrogen-bond acceptors (Lipinski definition) is 6. The van der Waals surface area contributed by atoms with Gasteiger partial charge in [0.25, 0.3) is 0 Å². The van der Waals surface area contributed by atoms with E-state index in [1.807, 2.05) is 0 Å². The zero-order valence-corrected chi connectivity index (χ0v) is 26.7. The maximum atomic E-state index is 11.0. The summed E-state index contributed by atoms with van der Waals surface area (Å²) in [6.45, 7) is 10.5. The van der Waals surface area contributed by atoms with E-state index in [0.717, 1.165) is 77.0 Å². The Hall–Kier alpha value is -0.240. The van der Waals surface area contributed by atoms with E-state index in [1.54, 1.807) is 0 Å². The summed E-state index contributed by atoms with van der Waals surface area (Å²) in [7, 11) is 0. The molecular formula is C33H70N2O4. The normalized spacial score (nSPS) is 15.2. The maximum Gasteiger partial charge on any atom is 0.0681 e. The van der Waals surface area contributed by atoms with Gasteiger partial charge in [0, 0.05) is 26.2 Å². The van der Waals surface area contributed by atoms with E-state index in [-0.39, 0.29) is 0 Å². The molecule has 236 valence electrons. The number of unbranched alkanes of at least 4 members (excludes halogenated alkanes) is 13. The predicted octanol–water partition coefficient (Wildman–Crippen LogP) is 7.22. The average molecular weight is 559 g/mol. The monoisotopic (exact) mass is 559 g/mol. The second-order valence-electron chi connectivity index (χ2n) is 12.1.